The molecule has 1 heterocycles. The van der Waals surface area contributed by atoms with Crippen molar-refractivity contribution in [2.75, 3.05) is 13.7 Å². The zero-order chi connectivity index (χ0) is 14.4. The SMILES string of the molecule is COCC(=O)NCc1cccnc1-c1ccc(F)cc1. The second-order valence-electron chi connectivity index (χ2n) is 4.23. The minimum Gasteiger partial charge on any atom is -0.375 e. The molecule has 2 rings (SSSR count). The number of halogens is 1. The molecule has 0 aliphatic carbocycles. The van der Waals surface area contributed by atoms with Gasteiger partial charge in [0.25, 0.3) is 0 Å². The van der Waals surface area contributed by atoms with Gasteiger partial charge in [-0.3, -0.25) is 9.78 Å². The Labute approximate surface area is 116 Å². The standard InChI is InChI=1S/C15H15FN2O2/c1-20-10-14(19)18-9-12-3-2-8-17-15(12)11-4-6-13(16)7-5-11/h2-8H,9-10H2,1H3,(H,18,19). The molecule has 0 bridgehead atoms. The van der Waals surface area contributed by atoms with Gasteiger partial charge in [-0.05, 0) is 35.9 Å². The lowest BCUT2D eigenvalue weighted by Gasteiger charge is -2.09. The van der Waals surface area contributed by atoms with E-state index in [0.717, 1.165) is 16.8 Å². The normalized spacial score (nSPS) is 10.3. The number of nitrogens with zero attached hydrogens (tertiary/aromatic N) is 1. The number of carbonyl (C=O) groups is 1. The van der Waals surface area contributed by atoms with Crippen LogP contribution in [0.4, 0.5) is 4.39 Å². The third-order valence-corrected chi connectivity index (χ3v) is 2.76. The molecule has 5 heteroatoms. The lowest BCUT2D eigenvalue weighted by molar-refractivity contribution is -0.124. The van der Waals surface area contributed by atoms with Gasteiger partial charge in [0.2, 0.25) is 5.91 Å². The molecule has 1 aromatic carbocycles. The van der Waals surface area contributed by atoms with E-state index in [2.05, 4.69) is 10.3 Å². The average molecular weight is 274 g/mol. The summed E-state index contributed by atoms with van der Waals surface area (Å²) in [6.07, 6.45) is 1.67. The summed E-state index contributed by atoms with van der Waals surface area (Å²) in [7, 11) is 1.47. The molecular weight excluding hydrogens is 259 g/mol. The number of hydrogen-bond donors (Lipinski definition) is 1. The molecule has 20 heavy (non-hydrogen) atoms. The molecule has 1 N–H and O–H groups in total. The number of pyridine rings is 1. The van der Waals surface area contributed by atoms with Crippen LogP contribution in [0.3, 0.4) is 0 Å². The number of benzene rings is 1. The van der Waals surface area contributed by atoms with Crippen LogP contribution in [-0.4, -0.2) is 24.6 Å². The van der Waals surface area contributed by atoms with Gasteiger partial charge in [-0.1, -0.05) is 6.07 Å². The van der Waals surface area contributed by atoms with Crippen molar-refractivity contribution in [3.63, 3.8) is 0 Å². The summed E-state index contributed by atoms with van der Waals surface area (Å²) in [5.41, 5.74) is 2.40. The van der Waals surface area contributed by atoms with Crippen LogP contribution in [-0.2, 0) is 16.1 Å². The third kappa shape index (κ3) is 3.61. The van der Waals surface area contributed by atoms with E-state index in [0.29, 0.717) is 6.54 Å². The van der Waals surface area contributed by atoms with Crippen molar-refractivity contribution in [1.82, 2.24) is 10.3 Å². The Morgan fingerprint density at radius 3 is 2.75 bits per heavy atom. The van der Waals surface area contributed by atoms with Crippen LogP contribution < -0.4 is 5.32 Å². The molecule has 0 fully saturated rings. The number of rotatable bonds is 5. The highest BCUT2D eigenvalue weighted by Gasteiger charge is 2.08. The first-order chi connectivity index (χ1) is 9.70. The number of carbonyl (C=O) groups excluding carboxylic acids is 1. The molecule has 0 spiro atoms. The summed E-state index contributed by atoms with van der Waals surface area (Å²) >= 11 is 0. The highest BCUT2D eigenvalue weighted by Crippen LogP contribution is 2.21. The molecule has 0 unspecified atom stereocenters. The van der Waals surface area contributed by atoms with Gasteiger partial charge in [0.1, 0.15) is 12.4 Å². The van der Waals surface area contributed by atoms with Crippen molar-refractivity contribution in [3.8, 4) is 11.3 Å². The summed E-state index contributed by atoms with van der Waals surface area (Å²) < 4.78 is 17.7. The monoisotopic (exact) mass is 274 g/mol. The van der Waals surface area contributed by atoms with Crippen LogP contribution >= 0.6 is 0 Å². The van der Waals surface area contributed by atoms with Gasteiger partial charge < -0.3 is 10.1 Å². The van der Waals surface area contributed by atoms with Crippen LogP contribution in [0.1, 0.15) is 5.56 Å². The minimum absolute atomic E-state index is 0.0200. The predicted molar refractivity (Wildman–Crippen MR) is 73.4 cm³/mol. The average Bonchev–Trinajstić information content (AvgIpc) is 2.47. The van der Waals surface area contributed by atoms with E-state index in [4.69, 9.17) is 4.74 Å². The van der Waals surface area contributed by atoms with Gasteiger partial charge in [0, 0.05) is 25.4 Å². The highest BCUT2D eigenvalue weighted by atomic mass is 19.1. The molecule has 1 aromatic heterocycles. The first kappa shape index (κ1) is 14.1. The number of methoxy groups -OCH3 is 1. The molecule has 4 nitrogen and oxygen atoms in total. The lowest BCUT2D eigenvalue weighted by atomic mass is 10.1. The van der Waals surface area contributed by atoms with Gasteiger partial charge in [-0.2, -0.15) is 0 Å². The topological polar surface area (TPSA) is 51.2 Å². The molecule has 0 radical (unpaired) electrons. The van der Waals surface area contributed by atoms with Crippen LogP contribution in [0.5, 0.6) is 0 Å². The maximum atomic E-state index is 13.0. The molecular formula is C15H15FN2O2. The molecule has 0 saturated heterocycles. The maximum absolute atomic E-state index is 13.0. The summed E-state index contributed by atoms with van der Waals surface area (Å²) in [5, 5.41) is 2.74. The molecule has 0 saturated carbocycles. The Balaban J connectivity index is 2.18. The van der Waals surface area contributed by atoms with Gasteiger partial charge in [0.15, 0.2) is 0 Å². The Kier molecular flexibility index (Phi) is 4.79. The van der Waals surface area contributed by atoms with Crippen LogP contribution in [0.25, 0.3) is 11.3 Å². The molecule has 1 amide bonds. The maximum Gasteiger partial charge on any atom is 0.246 e. The van der Waals surface area contributed by atoms with Crippen molar-refractivity contribution in [1.29, 1.82) is 0 Å². The summed E-state index contributed by atoms with van der Waals surface area (Å²) in [5.74, 6) is -0.485. The minimum atomic E-state index is -0.292. The van der Waals surface area contributed by atoms with Crippen molar-refractivity contribution in [2.45, 2.75) is 6.54 Å². The predicted octanol–water partition coefficient (Wildman–Crippen LogP) is 2.15. The summed E-state index contributed by atoms with van der Waals surface area (Å²) in [6.45, 7) is 0.370. The fraction of sp³-hybridized carbons (Fsp3) is 0.200. The first-order valence-electron chi connectivity index (χ1n) is 6.16. The van der Waals surface area contributed by atoms with Gasteiger partial charge in [0.05, 0.1) is 5.69 Å². The van der Waals surface area contributed by atoms with Gasteiger partial charge in [-0.15, -0.1) is 0 Å². The van der Waals surface area contributed by atoms with E-state index in [1.54, 1.807) is 24.4 Å². The summed E-state index contributed by atoms with van der Waals surface area (Å²) in [6, 6.07) is 9.77. The van der Waals surface area contributed by atoms with E-state index in [9.17, 15) is 9.18 Å². The number of hydrogen-bond acceptors (Lipinski definition) is 3. The molecule has 104 valence electrons. The Bertz CT molecular complexity index is 585. The van der Waals surface area contributed by atoms with E-state index in [1.165, 1.54) is 19.2 Å². The second kappa shape index (κ2) is 6.77. The molecule has 2 aromatic rings. The van der Waals surface area contributed by atoms with E-state index in [1.807, 2.05) is 6.07 Å². The second-order valence-corrected chi connectivity index (χ2v) is 4.23. The number of amides is 1. The largest absolute Gasteiger partial charge is 0.375 e. The fourth-order valence-electron chi connectivity index (χ4n) is 1.82. The first-order valence-corrected chi connectivity index (χ1v) is 6.16. The van der Waals surface area contributed by atoms with Crippen LogP contribution in [0.2, 0.25) is 0 Å². The van der Waals surface area contributed by atoms with Crippen molar-refractivity contribution in [3.05, 3.63) is 54.0 Å². The van der Waals surface area contributed by atoms with E-state index < -0.39 is 0 Å². The Hall–Kier alpha value is -2.27. The number of ether oxygens (including phenoxy) is 1. The lowest BCUT2D eigenvalue weighted by Crippen LogP contribution is -2.26. The third-order valence-electron chi connectivity index (χ3n) is 2.76. The smallest absolute Gasteiger partial charge is 0.246 e. The molecule has 0 atom stereocenters. The van der Waals surface area contributed by atoms with E-state index in [-0.39, 0.29) is 18.3 Å². The van der Waals surface area contributed by atoms with E-state index >= 15 is 0 Å². The summed E-state index contributed by atoms with van der Waals surface area (Å²) in [4.78, 5) is 15.7. The molecule has 0 aliphatic rings. The fourth-order valence-corrected chi connectivity index (χ4v) is 1.82. The highest BCUT2D eigenvalue weighted by molar-refractivity contribution is 5.77. The number of aromatic nitrogens is 1. The van der Waals surface area contributed by atoms with Crippen molar-refractivity contribution in [2.24, 2.45) is 0 Å². The Morgan fingerprint density at radius 1 is 1.30 bits per heavy atom. The van der Waals surface area contributed by atoms with Gasteiger partial charge in [-0.25, -0.2) is 4.39 Å². The number of nitrogens with one attached hydrogen (secondary N) is 1. The van der Waals surface area contributed by atoms with Crippen molar-refractivity contribution < 1.29 is 13.9 Å². The van der Waals surface area contributed by atoms with Gasteiger partial charge >= 0.3 is 0 Å². The zero-order valence-corrected chi connectivity index (χ0v) is 11.1. The van der Waals surface area contributed by atoms with Crippen molar-refractivity contribution >= 4 is 5.91 Å². The zero-order valence-electron chi connectivity index (χ0n) is 11.1. The quantitative estimate of drug-likeness (QED) is 0.909. The van der Waals surface area contributed by atoms with Crippen LogP contribution in [0.15, 0.2) is 42.6 Å². The Morgan fingerprint density at radius 2 is 2.05 bits per heavy atom. The van der Waals surface area contributed by atoms with Crippen LogP contribution in [0, 0.1) is 5.82 Å². The molecule has 0 aliphatic heterocycles.